The first-order valence-electron chi connectivity index (χ1n) is 10.8. The fourth-order valence-electron chi connectivity index (χ4n) is 2.84. The van der Waals surface area contributed by atoms with Crippen molar-refractivity contribution in [1.82, 2.24) is 9.55 Å². The molecule has 0 aliphatic carbocycles. The first-order chi connectivity index (χ1) is 14.8. The third-order valence-electron chi connectivity index (χ3n) is 4.74. The number of carbonyl (C=O) groups is 1. The average Bonchev–Trinajstić information content (AvgIpc) is 2.77. The molecule has 1 aromatic heterocycles. The van der Waals surface area contributed by atoms with E-state index in [1.165, 1.54) is 0 Å². The minimum absolute atomic E-state index is 0.0496. The molecule has 0 radical (unpaired) electrons. The Bertz CT molecular complexity index is 870. The summed E-state index contributed by atoms with van der Waals surface area (Å²) in [5.41, 5.74) is 1.61. The van der Waals surface area contributed by atoms with Crippen molar-refractivity contribution in [2.45, 2.75) is 57.4 Å². The molecule has 0 aliphatic heterocycles. The molecular weight excluding hydrogens is 412 g/mol. The fraction of sp³-hybridized carbons (Fsp3) is 0.542. The summed E-state index contributed by atoms with van der Waals surface area (Å²) >= 11 is 1.61. The van der Waals surface area contributed by atoms with Crippen molar-refractivity contribution in [3.63, 3.8) is 0 Å². The summed E-state index contributed by atoms with van der Waals surface area (Å²) in [5.74, 6) is 0.0891. The topological polar surface area (TPSA) is 70.4 Å². The van der Waals surface area contributed by atoms with Gasteiger partial charge in [-0.15, -0.1) is 0 Å². The van der Waals surface area contributed by atoms with Crippen LogP contribution in [0.2, 0.25) is 0 Å². The number of nitrogens with zero attached hydrogens (tertiary/aromatic N) is 2. The van der Waals surface area contributed by atoms with Crippen LogP contribution in [-0.2, 0) is 21.3 Å². The normalized spacial score (nSPS) is 13.3. The van der Waals surface area contributed by atoms with Crippen LogP contribution in [0.1, 0.15) is 46.5 Å². The number of ether oxygens (including phenoxy) is 2. The zero-order valence-electron chi connectivity index (χ0n) is 19.0. The molecule has 2 rings (SSSR count). The van der Waals surface area contributed by atoms with Gasteiger partial charge >= 0.3 is 0 Å². The van der Waals surface area contributed by atoms with Crippen molar-refractivity contribution in [2.75, 3.05) is 19.0 Å². The van der Waals surface area contributed by atoms with Crippen molar-refractivity contribution in [3.8, 4) is 11.3 Å². The van der Waals surface area contributed by atoms with Crippen molar-refractivity contribution in [2.24, 2.45) is 13.0 Å². The molecule has 1 atom stereocenters. The Hall–Kier alpha value is -1.96. The van der Waals surface area contributed by atoms with Gasteiger partial charge in [0, 0.05) is 24.4 Å². The molecule has 0 amide bonds. The quantitative estimate of drug-likeness (QED) is 0.138. The number of aromatic nitrogens is 2. The van der Waals surface area contributed by atoms with Gasteiger partial charge in [-0.2, -0.15) is 0 Å². The Morgan fingerprint density at radius 2 is 1.84 bits per heavy atom. The van der Waals surface area contributed by atoms with E-state index in [4.69, 9.17) is 9.47 Å². The summed E-state index contributed by atoms with van der Waals surface area (Å²) in [6.45, 7) is 6.73. The van der Waals surface area contributed by atoms with Crippen molar-refractivity contribution < 1.29 is 14.3 Å². The Kier molecular flexibility index (Phi) is 10.4. The summed E-state index contributed by atoms with van der Waals surface area (Å²) in [6.07, 6.45) is 4.68. The van der Waals surface area contributed by atoms with Crippen molar-refractivity contribution >= 4 is 18.0 Å². The van der Waals surface area contributed by atoms with E-state index in [0.29, 0.717) is 24.8 Å². The second-order valence-corrected chi connectivity index (χ2v) is 9.20. The number of hydrogen-bond acceptors (Lipinski definition) is 6. The van der Waals surface area contributed by atoms with E-state index < -0.39 is 5.79 Å². The second-order valence-electron chi connectivity index (χ2n) is 8.14. The number of thioether (sulfide) groups is 1. The predicted octanol–water partition coefficient (Wildman–Crippen LogP) is 4.70. The lowest BCUT2D eigenvalue weighted by Gasteiger charge is -2.25. The van der Waals surface area contributed by atoms with Crippen LogP contribution in [0.15, 0.2) is 46.3 Å². The molecule has 170 valence electrons. The molecule has 0 bridgehead atoms. The standard InChI is InChI=1S/C24H34N2O4S/c1-19(2)17-30-24(3,18-27)29-14-10-5-6-11-15-31-23-25-21(16-22(28)26(23)4)20-12-8-7-9-13-20/h7-9,12-13,16,18-19H,5-6,10-11,14-15,17H2,1-4H3. The average molecular weight is 447 g/mol. The smallest absolute Gasteiger partial charge is 0.254 e. The minimum Gasteiger partial charge on any atom is -0.344 e. The number of benzene rings is 1. The van der Waals surface area contributed by atoms with E-state index in [1.807, 2.05) is 44.2 Å². The molecule has 0 N–H and O–H groups in total. The number of aldehydes is 1. The molecular formula is C24H34N2O4S. The van der Waals surface area contributed by atoms with Gasteiger partial charge in [-0.1, -0.05) is 68.8 Å². The molecule has 0 spiro atoms. The molecule has 6 nitrogen and oxygen atoms in total. The Morgan fingerprint density at radius 3 is 2.52 bits per heavy atom. The lowest BCUT2D eigenvalue weighted by Crippen LogP contribution is -2.35. The van der Waals surface area contributed by atoms with Crippen molar-refractivity contribution in [3.05, 3.63) is 46.8 Å². The van der Waals surface area contributed by atoms with E-state index in [9.17, 15) is 9.59 Å². The predicted molar refractivity (Wildman–Crippen MR) is 125 cm³/mol. The van der Waals surface area contributed by atoms with Crippen LogP contribution in [0.3, 0.4) is 0 Å². The summed E-state index contributed by atoms with van der Waals surface area (Å²) in [7, 11) is 1.76. The molecule has 0 fully saturated rings. The molecule has 7 heteroatoms. The second kappa shape index (κ2) is 12.8. The lowest BCUT2D eigenvalue weighted by molar-refractivity contribution is -0.213. The van der Waals surface area contributed by atoms with Crippen LogP contribution in [0.4, 0.5) is 0 Å². The zero-order valence-corrected chi connectivity index (χ0v) is 19.8. The van der Waals surface area contributed by atoms with Crippen LogP contribution in [0.5, 0.6) is 0 Å². The Labute approximate surface area is 189 Å². The first-order valence-corrected chi connectivity index (χ1v) is 11.8. The van der Waals surface area contributed by atoms with E-state index in [1.54, 1.807) is 36.4 Å². The largest absolute Gasteiger partial charge is 0.344 e. The van der Waals surface area contributed by atoms with Gasteiger partial charge in [-0.05, 0) is 25.7 Å². The molecule has 1 aromatic carbocycles. The highest BCUT2D eigenvalue weighted by Gasteiger charge is 2.25. The van der Waals surface area contributed by atoms with E-state index in [0.717, 1.165) is 48.4 Å². The number of rotatable bonds is 14. The van der Waals surface area contributed by atoms with Gasteiger partial charge in [0.25, 0.3) is 5.56 Å². The van der Waals surface area contributed by atoms with Gasteiger partial charge < -0.3 is 9.47 Å². The maximum Gasteiger partial charge on any atom is 0.254 e. The first kappa shape index (κ1) is 25.3. The summed E-state index contributed by atoms with van der Waals surface area (Å²) in [5, 5.41) is 0.735. The van der Waals surface area contributed by atoms with Gasteiger partial charge in [-0.25, -0.2) is 4.98 Å². The highest BCUT2D eigenvalue weighted by atomic mass is 32.2. The van der Waals surface area contributed by atoms with Gasteiger partial charge in [-0.3, -0.25) is 14.2 Å². The van der Waals surface area contributed by atoms with Crippen LogP contribution < -0.4 is 5.56 Å². The molecule has 0 saturated carbocycles. The Balaban J connectivity index is 1.72. The maximum atomic E-state index is 12.3. The summed E-state index contributed by atoms with van der Waals surface area (Å²) in [6, 6.07) is 11.3. The molecule has 2 aromatic rings. The van der Waals surface area contributed by atoms with Gasteiger partial charge in [0.15, 0.2) is 11.4 Å². The van der Waals surface area contributed by atoms with E-state index in [2.05, 4.69) is 4.98 Å². The minimum atomic E-state index is -1.15. The van der Waals surface area contributed by atoms with Gasteiger partial charge in [0.1, 0.15) is 0 Å². The van der Waals surface area contributed by atoms with E-state index in [-0.39, 0.29) is 5.56 Å². The van der Waals surface area contributed by atoms with Crippen LogP contribution in [0.25, 0.3) is 11.3 Å². The van der Waals surface area contributed by atoms with Gasteiger partial charge in [0.2, 0.25) is 5.79 Å². The number of carbonyl (C=O) groups excluding carboxylic acids is 1. The molecule has 1 unspecified atom stereocenters. The third kappa shape index (κ3) is 8.59. The molecule has 0 aliphatic rings. The molecule has 1 heterocycles. The zero-order chi connectivity index (χ0) is 22.7. The summed E-state index contributed by atoms with van der Waals surface area (Å²) < 4.78 is 12.8. The Morgan fingerprint density at radius 1 is 1.13 bits per heavy atom. The monoisotopic (exact) mass is 446 g/mol. The number of hydrogen-bond donors (Lipinski definition) is 0. The van der Waals surface area contributed by atoms with E-state index >= 15 is 0 Å². The summed E-state index contributed by atoms with van der Waals surface area (Å²) in [4.78, 5) is 28.2. The third-order valence-corrected chi connectivity index (χ3v) is 5.86. The highest BCUT2D eigenvalue weighted by Crippen LogP contribution is 2.21. The van der Waals surface area contributed by atoms with Crippen LogP contribution in [-0.4, -0.2) is 40.6 Å². The van der Waals surface area contributed by atoms with Gasteiger partial charge in [0.05, 0.1) is 18.9 Å². The van der Waals surface area contributed by atoms with Crippen LogP contribution >= 0.6 is 11.8 Å². The highest BCUT2D eigenvalue weighted by molar-refractivity contribution is 7.99. The molecule has 31 heavy (non-hydrogen) atoms. The maximum absolute atomic E-state index is 12.3. The van der Waals surface area contributed by atoms with Crippen molar-refractivity contribution in [1.29, 1.82) is 0 Å². The SMILES string of the molecule is CC(C)COC(C)(C=O)OCCCCCCSc1nc(-c2ccccc2)cc(=O)n1C. The number of unbranched alkanes of at least 4 members (excludes halogenated alkanes) is 3. The lowest BCUT2D eigenvalue weighted by atomic mass is 10.1. The fourth-order valence-corrected chi connectivity index (χ4v) is 3.82. The molecule has 0 saturated heterocycles. The van der Waals surface area contributed by atoms with Crippen LogP contribution in [0, 0.1) is 5.92 Å².